The second kappa shape index (κ2) is 11.7. The smallest absolute Gasteiger partial charge is 0.227 e. The maximum absolute atomic E-state index is 12.7. The number of rotatable bonds is 8. The molecule has 6 heteroatoms. The Morgan fingerprint density at radius 2 is 1.91 bits per heavy atom. The van der Waals surface area contributed by atoms with E-state index < -0.39 is 0 Å². The predicted octanol–water partition coefficient (Wildman–Crippen LogP) is 3.99. The molecule has 3 aliphatic rings. The molecular weight excluding hydrogens is 400 g/mol. The maximum Gasteiger partial charge on any atom is 0.227 e. The number of carbonyl (C=O) groups excluding carboxylic acids is 1. The Morgan fingerprint density at radius 3 is 2.69 bits per heavy atom. The van der Waals surface area contributed by atoms with Crippen LogP contribution in [0.25, 0.3) is 0 Å². The zero-order valence-corrected chi connectivity index (χ0v) is 19.7. The van der Waals surface area contributed by atoms with Crippen LogP contribution >= 0.6 is 0 Å². The average Bonchev–Trinajstić information content (AvgIpc) is 3.50. The van der Waals surface area contributed by atoms with Crippen molar-refractivity contribution >= 4 is 17.6 Å². The highest BCUT2D eigenvalue weighted by molar-refractivity contribution is 5.95. The van der Waals surface area contributed by atoms with Gasteiger partial charge in [-0.15, -0.1) is 0 Å². The molecule has 0 atom stereocenters. The van der Waals surface area contributed by atoms with Crippen molar-refractivity contribution < 1.29 is 9.53 Å². The molecule has 1 aromatic carbocycles. The summed E-state index contributed by atoms with van der Waals surface area (Å²) in [5, 5.41) is 3.44. The van der Waals surface area contributed by atoms with E-state index in [9.17, 15) is 4.79 Å². The zero-order valence-electron chi connectivity index (χ0n) is 19.7. The van der Waals surface area contributed by atoms with Gasteiger partial charge in [-0.25, -0.2) is 0 Å². The Morgan fingerprint density at radius 1 is 1.12 bits per heavy atom. The molecule has 1 saturated heterocycles. The standard InChI is InChI=1S/C26H40N4O2/c1-2-27-26(29-17-14-23(15-18-29)32-20-21-8-3-4-9-21)28-16-7-12-25(31)30-19-13-22-10-5-6-11-24(22)30/h5-6,10-11,21,23H,2-4,7-9,12-20H2,1H3,(H,27,28). The molecule has 0 bridgehead atoms. The molecule has 0 aromatic heterocycles. The number of hydrogen-bond acceptors (Lipinski definition) is 3. The Balaban J connectivity index is 1.19. The second-order valence-electron chi connectivity index (χ2n) is 9.43. The van der Waals surface area contributed by atoms with Crippen LogP contribution < -0.4 is 10.2 Å². The van der Waals surface area contributed by atoms with Crippen LogP contribution in [0.1, 0.15) is 63.9 Å². The molecule has 1 saturated carbocycles. The van der Waals surface area contributed by atoms with Crippen molar-refractivity contribution in [1.29, 1.82) is 0 Å². The van der Waals surface area contributed by atoms with E-state index in [2.05, 4.69) is 29.3 Å². The lowest BCUT2D eigenvalue weighted by Crippen LogP contribution is -2.47. The molecule has 32 heavy (non-hydrogen) atoms. The van der Waals surface area contributed by atoms with Gasteiger partial charge in [0, 0.05) is 51.4 Å². The maximum atomic E-state index is 12.7. The molecule has 0 radical (unpaired) electrons. The number of nitrogens with zero attached hydrogens (tertiary/aromatic N) is 3. The lowest BCUT2D eigenvalue weighted by molar-refractivity contribution is -0.118. The van der Waals surface area contributed by atoms with Crippen LogP contribution in [0.3, 0.4) is 0 Å². The van der Waals surface area contributed by atoms with Crippen molar-refractivity contribution in [2.24, 2.45) is 10.9 Å². The molecule has 2 heterocycles. The zero-order chi connectivity index (χ0) is 22.2. The summed E-state index contributed by atoms with van der Waals surface area (Å²) in [6.45, 7) is 7.40. The third kappa shape index (κ3) is 6.03. The molecule has 2 aliphatic heterocycles. The number of guanidine groups is 1. The van der Waals surface area contributed by atoms with E-state index in [0.29, 0.717) is 19.1 Å². The van der Waals surface area contributed by atoms with E-state index in [1.54, 1.807) is 0 Å². The number of fused-ring (bicyclic) bond motifs is 1. The van der Waals surface area contributed by atoms with Gasteiger partial charge in [-0.3, -0.25) is 9.79 Å². The summed E-state index contributed by atoms with van der Waals surface area (Å²) in [6.07, 6.45) is 10.3. The van der Waals surface area contributed by atoms with Gasteiger partial charge in [0.1, 0.15) is 0 Å². The first-order valence-corrected chi connectivity index (χ1v) is 12.8. The molecular formula is C26H40N4O2. The molecule has 0 spiro atoms. The Bertz CT molecular complexity index is 767. The van der Waals surface area contributed by atoms with Gasteiger partial charge in [0.05, 0.1) is 6.10 Å². The fourth-order valence-electron chi connectivity index (χ4n) is 5.26. The van der Waals surface area contributed by atoms with Gasteiger partial charge in [-0.05, 0) is 63.0 Å². The third-order valence-electron chi connectivity index (χ3n) is 7.12. The number of ether oxygens (including phenoxy) is 1. The monoisotopic (exact) mass is 440 g/mol. The van der Waals surface area contributed by atoms with Crippen LogP contribution in [0.15, 0.2) is 29.3 Å². The van der Waals surface area contributed by atoms with Gasteiger partial charge < -0.3 is 19.9 Å². The fraction of sp³-hybridized carbons (Fsp3) is 0.692. The summed E-state index contributed by atoms with van der Waals surface area (Å²) in [6, 6.07) is 8.25. The van der Waals surface area contributed by atoms with Crippen molar-refractivity contribution in [3.63, 3.8) is 0 Å². The van der Waals surface area contributed by atoms with Crippen LogP contribution in [-0.4, -0.2) is 62.2 Å². The summed E-state index contributed by atoms with van der Waals surface area (Å²) in [5.41, 5.74) is 2.37. The lowest BCUT2D eigenvalue weighted by atomic mass is 10.1. The van der Waals surface area contributed by atoms with Crippen molar-refractivity contribution in [3.05, 3.63) is 29.8 Å². The van der Waals surface area contributed by atoms with Gasteiger partial charge in [0.2, 0.25) is 5.91 Å². The van der Waals surface area contributed by atoms with Crippen molar-refractivity contribution in [3.8, 4) is 0 Å². The van der Waals surface area contributed by atoms with Crippen molar-refractivity contribution in [2.45, 2.75) is 70.8 Å². The number of carbonyl (C=O) groups is 1. The van der Waals surface area contributed by atoms with Crippen molar-refractivity contribution in [2.75, 3.05) is 44.2 Å². The molecule has 0 unspecified atom stereocenters. The Kier molecular flexibility index (Phi) is 8.43. The first-order chi connectivity index (χ1) is 15.7. The molecule has 1 amide bonds. The van der Waals surface area contributed by atoms with Gasteiger partial charge in [0.25, 0.3) is 0 Å². The fourth-order valence-corrected chi connectivity index (χ4v) is 5.26. The van der Waals surface area contributed by atoms with Crippen LogP contribution in [-0.2, 0) is 16.0 Å². The lowest BCUT2D eigenvalue weighted by Gasteiger charge is -2.34. The molecule has 2 fully saturated rings. The average molecular weight is 441 g/mol. The van der Waals surface area contributed by atoms with Gasteiger partial charge in [-0.1, -0.05) is 31.0 Å². The molecule has 4 rings (SSSR count). The summed E-state index contributed by atoms with van der Waals surface area (Å²) < 4.78 is 6.22. The third-order valence-corrected chi connectivity index (χ3v) is 7.12. The normalized spacial score (nSPS) is 20.1. The first kappa shape index (κ1) is 23.1. The summed E-state index contributed by atoms with van der Waals surface area (Å²) in [4.78, 5) is 21.8. The van der Waals surface area contributed by atoms with Gasteiger partial charge in [0.15, 0.2) is 5.96 Å². The number of amides is 1. The molecule has 6 nitrogen and oxygen atoms in total. The molecule has 1 aliphatic carbocycles. The quantitative estimate of drug-likeness (QED) is 0.377. The van der Waals surface area contributed by atoms with E-state index in [4.69, 9.17) is 9.73 Å². The number of nitrogens with one attached hydrogen (secondary N) is 1. The van der Waals surface area contributed by atoms with Crippen molar-refractivity contribution in [1.82, 2.24) is 10.2 Å². The molecule has 1 aromatic rings. The van der Waals surface area contributed by atoms with E-state index in [1.165, 1.54) is 31.2 Å². The van der Waals surface area contributed by atoms with Crippen LogP contribution in [0.5, 0.6) is 0 Å². The number of hydrogen-bond donors (Lipinski definition) is 1. The number of benzene rings is 1. The Labute approximate surface area is 193 Å². The largest absolute Gasteiger partial charge is 0.378 e. The second-order valence-corrected chi connectivity index (χ2v) is 9.43. The summed E-state index contributed by atoms with van der Waals surface area (Å²) in [5.74, 6) is 2.00. The minimum absolute atomic E-state index is 0.218. The topological polar surface area (TPSA) is 57.2 Å². The van der Waals surface area contributed by atoms with E-state index in [-0.39, 0.29) is 5.91 Å². The minimum atomic E-state index is 0.218. The highest BCUT2D eigenvalue weighted by Gasteiger charge is 2.25. The van der Waals surface area contributed by atoms with Gasteiger partial charge >= 0.3 is 0 Å². The summed E-state index contributed by atoms with van der Waals surface area (Å²) >= 11 is 0. The SMILES string of the molecule is CCNC(=NCCCC(=O)N1CCc2ccccc21)N1CCC(OCC2CCCC2)CC1. The van der Waals surface area contributed by atoms with Crippen LogP contribution in [0, 0.1) is 5.92 Å². The van der Waals surface area contributed by atoms with E-state index in [1.807, 2.05) is 17.0 Å². The number of aliphatic imine (C=N–C) groups is 1. The van der Waals surface area contributed by atoms with Gasteiger partial charge in [-0.2, -0.15) is 0 Å². The van der Waals surface area contributed by atoms with Crippen LogP contribution in [0.4, 0.5) is 5.69 Å². The highest BCUT2D eigenvalue weighted by atomic mass is 16.5. The number of piperidine rings is 1. The number of likely N-dealkylation sites (tertiary alicyclic amines) is 1. The minimum Gasteiger partial charge on any atom is -0.378 e. The summed E-state index contributed by atoms with van der Waals surface area (Å²) in [7, 11) is 0. The Hall–Kier alpha value is -2.08. The predicted molar refractivity (Wildman–Crippen MR) is 130 cm³/mol. The molecule has 176 valence electrons. The number of para-hydroxylation sites is 1. The number of anilines is 1. The van der Waals surface area contributed by atoms with E-state index >= 15 is 0 Å². The van der Waals surface area contributed by atoms with Crippen LogP contribution in [0.2, 0.25) is 0 Å². The highest BCUT2D eigenvalue weighted by Crippen LogP contribution is 2.28. The van der Waals surface area contributed by atoms with E-state index in [0.717, 1.165) is 76.0 Å². The molecule has 1 N–H and O–H groups in total. The first-order valence-electron chi connectivity index (χ1n) is 12.8.